The molecule has 4 N–H and O–H groups in total. The lowest BCUT2D eigenvalue weighted by atomic mass is 10.8. The molecule has 1 rings (SSSR count). The Hall–Kier alpha value is -1.63. The van der Waals surface area contributed by atoms with Crippen molar-refractivity contribution in [2.75, 3.05) is 5.32 Å². The zero-order valence-electron chi connectivity index (χ0n) is 5.79. The van der Waals surface area contributed by atoms with E-state index in [1.165, 1.54) is 0 Å². The number of hydrogen-bond acceptors (Lipinski definition) is 5. The fraction of sp³-hybridized carbons (Fsp3) is 0.250. The van der Waals surface area contributed by atoms with Gasteiger partial charge < -0.3 is 4.52 Å². The predicted molar refractivity (Wildman–Crippen MR) is 35.4 cm³/mol. The lowest BCUT2D eigenvalue weighted by Crippen LogP contribution is -2.34. The fourth-order valence-corrected chi connectivity index (χ4v) is 0.488. The van der Waals surface area contributed by atoms with E-state index < -0.39 is 6.03 Å². The van der Waals surface area contributed by atoms with Gasteiger partial charge in [0.25, 0.3) is 5.95 Å². The zero-order valence-corrected chi connectivity index (χ0v) is 5.79. The Labute approximate surface area is 61.9 Å². The first-order valence-corrected chi connectivity index (χ1v) is 2.80. The maximum Gasteiger partial charge on any atom is 0.335 e. The molecule has 0 fully saturated rings. The molecule has 1 aromatic rings. The molecule has 0 saturated heterocycles. The first-order valence-electron chi connectivity index (χ1n) is 2.80. The summed E-state index contributed by atoms with van der Waals surface area (Å²) in [6.07, 6.45) is 0. The van der Waals surface area contributed by atoms with E-state index in [0.717, 1.165) is 0 Å². The number of amides is 2. The number of carbonyl (C=O) groups excluding carboxylic acids is 1. The molecule has 11 heavy (non-hydrogen) atoms. The summed E-state index contributed by atoms with van der Waals surface area (Å²) >= 11 is 0. The number of nitrogens with zero attached hydrogens (tertiary/aromatic N) is 2. The monoisotopic (exact) mass is 157 g/mol. The Morgan fingerprint density at radius 1 is 1.73 bits per heavy atom. The summed E-state index contributed by atoms with van der Waals surface area (Å²) < 4.78 is 4.57. The Morgan fingerprint density at radius 2 is 2.45 bits per heavy atom. The molecule has 0 radical (unpaired) electrons. The Bertz CT molecular complexity index is 257. The molecular weight excluding hydrogens is 150 g/mol. The number of anilines is 1. The number of aryl methyl sites for hydroxylation is 1. The summed E-state index contributed by atoms with van der Waals surface area (Å²) in [5, 5.41) is 5.61. The molecule has 0 spiro atoms. The molecule has 1 heterocycles. The minimum absolute atomic E-state index is 0.0884. The minimum atomic E-state index is -0.592. The maximum atomic E-state index is 10.5. The van der Waals surface area contributed by atoms with Gasteiger partial charge in [-0.05, 0) is 5.16 Å². The quantitative estimate of drug-likeness (QED) is 0.286. The highest BCUT2D eigenvalue weighted by molar-refractivity contribution is 5.86. The number of carbonyl (C=O) groups is 1. The van der Waals surface area contributed by atoms with Crippen LogP contribution in [0.25, 0.3) is 0 Å². The first kappa shape index (κ1) is 7.48. The zero-order chi connectivity index (χ0) is 8.27. The number of hydrogen-bond donors (Lipinski definition) is 3. The summed E-state index contributed by atoms with van der Waals surface area (Å²) in [4.78, 5) is 14.2. The fourth-order valence-electron chi connectivity index (χ4n) is 0.488. The van der Waals surface area contributed by atoms with Crippen molar-refractivity contribution in [1.82, 2.24) is 15.6 Å². The van der Waals surface area contributed by atoms with Gasteiger partial charge in [0, 0.05) is 6.92 Å². The van der Waals surface area contributed by atoms with Gasteiger partial charge in [0.1, 0.15) is 0 Å². The van der Waals surface area contributed by atoms with Crippen LogP contribution in [-0.4, -0.2) is 16.2 Å². The molecule has 1 aromatic heterocycles. The summed E-state index contributed by atoms with van der Waals surface area (Å²) in [6, 6.07) is -0.592. The van der Waals surface area contributed by atoms with E-state index in [-0.39, 0.29) is 5.95 Å². The van der Waals surface area contributed by atoms with Crippen molar-refractivity contribution >= 4 is 12.0 Å². The van der Waals surface area contributed by atoms with Crippen LogP contribution in [0.1, 0.15) is 5.89 Å². The van der Waals surface area contributed by atoms with Gasteiger partial charge in [0.2, 0.25) is 5.89 Å². The Morgan fingerprint density at radius 3 is 2.91 bits per heavy atom. The van der Waals surface area contributed by atoms with Gasteiger partial charge >= 0.3 is 6.03 Å². The van der Waals surface area contributed by atoms with Crippen LogP contribution in [0.2, 0.25) is 0 Å². The molecule has 0 aliphatic carbocycles. The van der Waals surface area contributed by atoms with Crippen molar-refractivity contribution in [1.29, 1.82) is 0 Å². The number of urea groups is 1. The number of rotatable bonds is 1. The summed E-state index contributed by atoms with van der Waals surface area (Å²) in [5.74, 6) is 5.24. The third-order valence-corrected chi connectivity index (χ3v) is 0.884. The third-order valence-electron chi connectivity index (χ3n) is 0.884. The van der Waals surface area contributed by atoms with Gasteiger partial charge in [-0.2, -0.15) is 4.98 Å². The molecular formula is C4H7N5O2. The van der Waals surface area contributed by atoms with Crippen LogP contribution in [0.3, 0.4) is 0 Å². The van der Waals surface area contributed by atoms with E-state index in [2.05, 4.69) is 20.0 Å². The number of nitrogens with two attached hydrogens (primary N) is 1. The number of nitrogens with one attached hydrogen (secondary N) is 2. The second kappa shape index (κ2) is 2.97. The van der Waals surface area contributed by atoms with Gasteiger partial charge in [-0.1, -0.05) is 0 Å². The molecule has 0 aliphatic rings. The van der Waals surface area contributed by atoms with Crippen LogP contribution in [0.5, 0.6) is 0 Å². The van der Waals surface area contributed by atoms with E-state index >= 15 is 0 Å². The molecule has 0 aromatic carbocycles. The van der Waals surface area contributed by atoms with E-state index in [1.807, 2.05) is 5.43 Å². The van der Waals surface area contributed by atoms with Crippen LogP contribution in [0.4, 0.5) is 10.7 Å². The molecule has 0 bridgehead atoms. The molecule has 0 atom stereocenters. The van der Waals surface area contributed by atoms with E-state index in [1.54, 1.807) is 6.92 Å². The first-order chi connectivity index (χ1) is 5.22. The Kier molecular flexibility index (Phi) is 2.02. The predicted octanol–water partition coefficient (Wildman–Crippen LogP) is -0.627. The van der Waals surface area contributed by atoms with Crippen molar-refractivity contribution in [2.24, 2.45) is 5.84 Å². The van der Waals surface area contributed by atoms with Gasteiger partial charge in [-0.15, -0.1) is 0 Å². The average molecular weight is 157 g/mol. The molecule has 7 nitrogen and oxygen atoms in total. The van der Waals surface area contributed by atoms with E-state index in [4.69, 9.17) is 5.84 Å². The lowest BCUT2D eigenvalue weighted by molar-refractivity contribution is 0.252. The van der Waals surface area contributed by atoms with Crippen LogP contribution in [0, 0.1) is 6.92 Å². The topological polar surface area (TPSA) is 106 Å². The van der Waals surface area contributed by atoms with Gasteiger partial charge in [0.15, 0.2) is 0 Å². The van der Waals surface area contributed by atoms with Crippen molar-refractivity contribution in [3.63, 3.8) is 0 Å². The number of aromatic nitrogens is 2. The van der Waals surface area contributed by atoms with Crippen molar-refractivity contribution in [3.05, 3.63) is 5.89 Å². The summed E-state index contributed by atoms with van der Waals surface area (Å²) in [5.41, 5.74) is 1.85. The number of hydrazine groups is 1. The minimum Gasteiger partial charge on any atom is -0.338 e. The summed E-state index contributed by atoms with van der Waals surface area (Å²) in [7, 11) is 0. The van der Waals surface area contributed by atoms with Gasteiger partial charge in [-0.3, -0.25) is 10.7 Å². The third kappa shape index (κ3) is 1.90. The normalized spacial score (nSPS) is 9.27. The second-order valence-corrected chi connectivity index (χ2v) is 1.74. The standard InChI is InChI=1S/C4H7N5O2/c1-2-6-3(9-11-2)7-4(10)8-5/h5H2,1H3,(H2,7,8,9,10). The van der Waals surface area contributed by atoms with Crippen LogP contribution >= 0.6 is 0 Å². The van der Waals surface area contributed by atoms with E-state index in [0.29, 0.717) is 5.89 Å². The van der Waals surface area contributed by atoms with E-state index in [9.17, 15) is 4.79 Å². The molecule has 0 saturated carbocycles. The molecule has 0 aliphatic heterocycles. The molecule has 60 valence electrons. The molecule has 2 amide bonds. The smallest absolute Gasteiger partial charge is 0.335 e. The van der Waals surface area contributed by atoms with Gasteiger partial charge in [0.05, 0.1) is 0 Å². The lowest BCUT2D eigenvalue weighted by Gasteiger charge is -1.94. The van der Waals surface area contributed by atoms with Gasteiger partial charge in [-0.25, -0.2) is 10.6 Å². The van der Waals surface area contributed by atoms with Crippen LogP contribution < -0.4 is 16.6 Å². The second-order valence-electron chi connectivity index (χ2n) is 1.74. The largest absolute Gasteiger partial charge is 0.338 e. The summed E-state index contributed by atoms with van der Waals surface area (Å²) in [6.45, 7) is 1.61. The van der Waals surface area contributed by atoms with Crippen molar-refractivity contribution in [2.45, 2.75) is 6.92 Å². The van der Waals surface area contributed by atoms with Crippen LogP contribution in [-0.2, 0) is 0 Å². The highest BCUT2D eigenvalue weighted by Crippen LogP contribution is 1.98. The highest BCUT2D eigenvalue weighted by atomic mass is 16.5. The molecule has 0 unspecified atom stereocenters. The van der Waals surface area contributed by atoms with Crippen molar-refractivity contribution in [3.8, 4) is 0 Å². The van der Waals surface area contributed by atoms with Crippen molar-refractivity contribution < 1.29 is 9.32 Å². The molecule has 7 heteroatoms. The average Bonchev–Trinajstić information content (AvgIpc) is 2.35. The SMILES string of the molecule is Cc1nc(NC(=O)NN)no1. The maximum absolute atomic E-state index is 10.5. The van der Waals surface area contributed by atoms with Crippen LogP contribution in [0.15, 0.2) is 4.52 Å². The highest BCUT2D eigenvalue weighted by Gasteiger charge is 2.04. The Balaban J connectivity index is 2.57.